The van der Waals surface area contributed by atoms with Crippen LogP contribution < -0.4 is 4.74 Å². The van der Waals surface area contributed by atoms with Crippen LogP contribution in [0.2, 0.25) is 0 Å². The van der Waals surface area contributed by atoms with Gasteiger partial charge in [0.05, 0.1) is 23.2 Å². The van der Waals surface area contributed by atoms with Crippen LogP contribution >= 0.6 is 0 Å². The number of nitrogens with one attached hydrogen (secondary N) is 1. The number of hydrogen-bond donors (Lipinski definition) is 0. The number of benzene rings is 1. The smallest absolute Gasteiger partial charge is 0.333 e. The largest absolute Gasteiger partial charge is 0.560 e. The van der Waals surface area contributed by atoms with Gasteiger partial charge in [-0.3, -0.25) is 0 Å². The second kappa shape index (κ2) is 7.06. The summed E-state index contributed by atoms with van der Waals surface area (Å²) < 4.78 is 32.1. The van der Waals surface area contributed by atoms with Crippen LogP contribution in [-0.2, 0) is 19.6 Å². The van der Waals surface area contributed by atoms with Gasteiger partial charge in [0.2, 0.25) is 0 Å². The molecule has 0 aliphatic carbocycles. The Kier molecular flexibility index (Phi) is 5.72. The molecule has 6 nitrogen and oxygen atoms in total. The molecule has 110 valence electrons. The van der Waals surface area contributed by atoms with Crippen LogP contribution in [0.25, 0.3) is 5.14 Å². The molecule has 20 heavy (non-hydrogen) atoms. The van der Waals surface area contributed by atoms with E-state index in [0.29, 0.717) is 24.4 Å². The number of sulfonamides is 1. The molecule has 1 aromatic rings. The van der Waals surface area contributed by atoms with Gasteiger partial charge in [-0.1, -0.05) is 6.58 Å². The van der Waals surface area contributed by atoms with Gasteiger partial charge in [-0.15, -0.1) is 0 Å². The SMILES string of the molecule is C=C(C)C(=O)OCCCOc1ccc(S([NH-])(=O)=O)cc1. The maximum Gasteiger partial charge on any atom is 0.333 e. The first-order valence-corrected chi connectivity index (χ1v) is 7.34. The Labute approximate surface area is 118 Å². The summed E-state index contributed by atoms with van der Waals surface area (Å²) in [5.41, 5.74) is 0.345. The zero-order valence-electron chi connectivity index (χ0n) is 11.1. The molecule has 1 aromatic carbocycles. The lowest BCUT2D eigenvalue weighted by Crippen LogP contribution is -2.09. The van der Waals surface area contributed by atoms with Crippen molar-refractivity contribution in [2.75, 3.05) is 13.2 Å². The molecule has 0 bridgehead atoms. The van der Waals surface area contributed by atoms with Gasteiger partial charge in [-0.05, 0) is 31.2 Å². The molecule has 0 atom stereocenters. The molecular weight excluding hydrogens is 282 g/mol. The summed E-state index contributed by atoms with van der Waals surface area (Å²) in [6.07, 6.45) is 0.511. The summed E-state index contributed by atoms with van der Waals surface area (Å²) in [6, 6.07) is 5.56. The van der Waals surface area contributed by atoms with Gasteiger partial charge in [0.25, 0.3) is 0 Å². The zero-order valence-corrected chi connectivity index (χ0v) is 11.9. The van der Waals surface area contributed by atoms with E-state index < -0.39 is 16.0 Å². The third-order valence-electron chi connectivity index (χ3n) is 2.27. The Morgan fingerprint density at radius 1 is 1.25 bits per heavy atom. The molecule has 0 unspecified atom stereocenters. The van der Waals surface area contributed by atoms with E-state index >= 15 is 0 Å². The van der Waals surface area contributed by atoms with Crippen molar-refractivity contribution in [3.8, 4) is 5.75 Å². The lowest BCUT2D eigenvalue weighted by Gasteiger charge is -2.09. The molecule has 1 N–H and O–H groups in total. The lowest BCUT2D eigenvalue weighted by molar-refractivity contribution is -0.139. The lowest BCUT2D eigenvalue weighted by atomic mass is 10.3. The highest BCUT2D eigenvalue weighted by Crippen LogP contribution is 2.17. The predicted molar refractivity (Wildman–Crippen MR) is 73.8 cm³/mol. The Morgan fingerprint density at radius 2 is 1.85 bits per heavy atom. The van der Waals surface area contributed by atoms with Gasteiger partial charge < -0.3 is 14.6 Å². The Balaban J connectivity index is 2.33. The Morgan fingerprint density at radius 3 is 2.35 bits per heavy atom. The fourth-order valence-corrected chi connectivity index (χ4v) is 1.75. The fraction of sp³-hybridized carbons (Fsp3) is 0.308. The van der Waals surface area contributed by atoms with Crippen LogP contribution in [-0.4, -0.2) is 27.6 Å². The highest BCUT2D eigenvalue weighted by Gasteiger charge is 2.03. The van der Waals surface area contributed by atoms with Crippen molar-refractivity contribution in [1.29, 1.82) is 0 Å². The van der Waals surface area contributed by atoms with Crippen LogP contribution in [0.4, 0.5) is 0 Å². The van der Waals surface area contributed by atoms with E-state index in [1.807, 2.05) is 0 Å². The first-order valence-electron chi connectivity index (χ1n) is 5.86. The van der Waals surface area contributed by atoms with Crippen LogP contribution in [0.15, 0.2) is 41.3 Å². The molecule has 0 spiro atoms. The average molecular weight is 298 g/mol. The van der Waals surface area contributed by atoms with E-state index in [2.05, 4.69) is 6.58 Å². The van der Waals surface area contributed by atoms with Gasteiger partial charge in [0, 0.05) is 16.9 Å². The van der Waals surface area contributed by atoms with Crippen molar-refractivity contribution in [3.05, 3.63) is 41.6 Å². The molecule has 1 rings (SSSR count). The first kappa shape index (κ1) is 16.2. The number of ether oxygens (including phenoxy) is 2. The molecule has 0 amide bonds. The summed E-state index contributed by atoms with van der Waals surface area (Å²) in [5, 5.41) is 6.89. The fourth-order valence-electron chi connectivity index (χ4n) is 1.25. The average Bonchev–Trinajstić information content (AvgIpc) is 2.37. The first-order chi connectivity index (χ1) is 9.30. The normalized spacial score (nSPS) is 10.9. The molecule has 0 aliphatic heterocycles. The van der Waals surface area contributed by atoms with Crippen molar-refractivity contribution in [2.45, 2.75) is 18.2 Å². The van der Waals surface area contributed by atoms with Crippen molar-refractivity contribution in [1.82, 2.24) is 0 Å². The third-order valence-corrected chi connectivity index (χ3v) is 3.17. The number of carbonyl (C=O) groups excluding carboxylic acids is 1. The van der Waals surface area contributed by atoms with Crippen molar-refractivity contribution in [3.63, 3.8) is 0 Å². The van der Waals surface area contributed by atoms with E-state index in [4.69, 9.17) is 14.6 Å². The van der Waals surface area contributed by atoms with Crippen molar-refractivity contribution in [2.24, 2.45) is 0 Å². The predicted octanol–water partition coefficient (Wildman–Crippen LogP) is 2.32. The minimum atomic E-state index is -3.94. The molecule has 0 radical (unpaired) electrons. The minimum Gasteiger partial charge on any atom is -0.560 e. The highest BCUT2D eigenvalue weighted by atomic mass is 32.2. The molecule has 0 saturated carbocycles. The van der Waals surface area contributed by atoms with E-state index in [9.17, 15) is 13.2 Å². The van der Waals surface area contributed by atoms with E-state index in [0.717, 1.165) is 0 Å². The summed E-state index contributed by atoms with van der Waals surface area (Å²) in [4.78, 5) is 11.0. The summed E-state index contributed by atoms with van der Waals surface area (Å²) >= 11 is 0. The second-order valence-corrected chi connectivity index (χ2v) is 5.57. The van der Waals surface area contributed by atoms with Gasteiger partial charge in [-0.2, -0.15) is 0 Å². The number of esters is 1. The van der Waals surface area contributed by atoms with Crippen LogP contribution in [0.5, 0.6) is 5.75 Å². The number of rotatable bonds is 7. The summed E-state index contributed by atoms with van der Waals surface area (Å²) in [7, 11) is -3.94. The summed E-state index contributed by atoms with van der Waals surface area (Å²) in [5.74, 6) is 0.0543. The van der Waals surface area contributed by atoms with Crippen molar-refractivity contribution >= 4 is 16.0 Å². The molecule has 7 heteroatoms. The van der Waals surface area contributed by atoms with Crippen LogP contribution in [0.1, 0.15) is 13.3 Å². The van der Waals surface area contributed by atoms with E-state index in [1.165, 1.54) is 24.3 Å². The topological polar surface area (TPSA) is 93.5 Å². The van der Waals surface area contributed by atoms with Gasteiger partial charge in [0.15, 0.2) is 0 Å². The highest BCUT2D eigenvalue weighted by molar-refractivity contribution is 7.93. The Bertz CT molecular complexity index is 577. The molecule has 0 saturated heterocycles. The zero-order chi connectivity index (χ0) is 15.2. The van der Waals surface area contributed by atoms with Crippen LogP contribution in [0.3, 0.4) is 0 Å². The van der Waals surface area contributed by atoms with E-state index in [1.54, 1.807) is 6.92 Å². The second-order valence-electron chi connectivity index (χ2n) is 4.09. The number of hydrogen-bond acceptors (Lipinski definition) is 5. The molecular formula is C13H16NO5S-. The molecule has 0 fully saturated rings. The quantitative estimate of drug-likeness (QED) is 0.437. The molecule has 0 heterocycles. The maximum atomic E-state index is 11.1. The standard InChI is InChI=1S/C13H16NO5S/c1-10(2)13(15)19-9-3-8-18-11-4-6-12(7-5-11)20(14,16)17/h4-7H,1,3,8-9H2,2H3,(H-,14,16,17)/q-1. The van der Waals surface area contributed by atoms with Gasteiger partial charge in [-0.25, -0.2) is 13.2 Å². The van der Waals surface area contributed by atoms with E-state index in [-0.39, 0.29) is 11.5 Å². The monoisotopic (exact) mass is 298 g/mol. The summed E-state index contributed by atoms with van der Waals surface area (Å²) in [6.45, 7) is 5.59. The van der Waals surface area contributed by atoms with Gasteiger partial charge in [0.1, 0.15) is 5.75 Å². The minimum absolute atomic E-state index is 0.0831. The molecule has 0 aliphatic rings. The van der Waals surface area contributed by atoms with Gasteiger partial charge >= 0.3 is 5.97 Å². The van der Waals surface area contributed by atoms with Crippen LogP contribution in [0, 0.1) is 0 Å². The third kappa shape index (κ3) is 5.41. The maximum absolute atomic E-state index is 11.1. The molecule has 0 aromatic heterocycles. The van der Waals surface area contributed by atoms with Crippen molar-refractivity contribution < 1.29 is 22.7 Å². The number of carbonyl (C=O) groups is 1. The Hall–Kier alpha value is -1.86.